The van der Waals surface area contributed by atoms with E-state index in [0.717, 1.165) is 24.6 Å². The molecule has 0 heterocycles. The predicted octanol–water partition coefficient (Wildman–Crippen LogP) is 7.71. The number of rotatable bonds is 8. The zero-order chi connectivity index (χ0) is 28.6. The normalized spacial score (nSPS) is 16.1. The Morgan fingerprint density at radius 3 is 2.34 bits per heavy atom. The van der Waals surface area contributed by atoms with Crippen LogP contribution in [0, 0.1) is 25.5 Å². The largest absolute Gasteiger partial charge is 0.591 e. The molecule has 10 heteroatoms. The Bertz CT molecular complexity index is 1230. The third-order valence-corrected chi connectivity index (χ3v) is 7.83. The Morgan fingerprint density at radius 1 is 1.18 bits per heavy atom. The van der Waals surface area contributed by atoms with E-state index >= 15 is 8.78 Å². The fourth-order valence-corrected chi connectivity index (χ4v) is 4.97. The number of halogens is 5. The Kier molecular flexibility index (Phi) is 8.98. The standard InChI is InChI=1S/C28H32F5NO3S/c1-7-37-22(35)12-18(14-34-38(36)27(4,5)6)24-25(29)20(13-21(26(24)30)28(31,32)33)23-15(2)8-11-19(16(23)3)17-9-10-17/h8,11,13-14,17-18H,7,9-10,12H2,1-6H3/b34-14+/t18?,38-/m1/s1. The molecule has 1 aliphatic rings. The van der Waals surface area contributed by atoms with Crippen molar-refractivity contribution in [2.24, 2.45) is 4.40 Å². The van der Waals surface area contributed by atoms with Gasteiger partial charge in [-0.25, -0.2) is 8.78 Å². The first-order valence-electron chi connectivity index (χ1n) is 12.4. The van der Waals surface area contributed by atoms with Crippen LogP contribution in [0.4, 0.5) is 22.0 Å². The number of hydrogen-bond acceptors (Lipinski definition) is 4. The minimum Gasteiger partial charge on any atom is -0.591 e. The van der Waals surface area contributed by atoms with E-state index in [-0.39, 0.29) is 18.1 Å². The molecule has 1 aliphatic carbocycles. The molecule has 2 aromatic rings. The van der Waals surface area contributed by atoms with Crippen LogP contribution in [0.1, 0.15) is 86.6 Å². The number of ether oxygens (including phenoxy) is 1. The molecule has 208 valence electrons. The molecule has 2 aromatic carbocycles. The number of carbonyl (C=O) groups excluding carboxylic acids is 1. The second-order valence-corrected chi connectivity index (χ2v) is 12.4. The van der Waals surface area contributed by atoms with Gasteiger partial charge in [0.15, 0.2) is 0 Å². The van der Waals surface area contributed by atoms with E-state index in [1.54, 1.807) is 40.7 Å². The molecule has 1 saturated carbocycles. The van der Waals surface area contributed by atoms with Crippen LogP contribution in [0.2, 0.25) is 0 Å². The molecule has 0 spiro atoms. The van der Waals surface area contributed by atoms with E-state index in [0.29, 0.717) is 17.2 Å². The Hall–Kier alpha value is -2.46. The maximum absolute atomic E-state index is 16.2. The summed E-state index contributed by atoms with van der Waals surface area (Å²) in [5.41, 5.74) is -0.710. The Morgan fingerprint density at radius 2 is 1.82 bits per heavy atom. The smallest absolute Gasteiger partial charge is 0.419 e. The molecule has 4 nitrogen and oxygen atoms in total. The van der Waals surface area contributed by atoms with Crippen molar-refractivity contribution in [2.45, 2.75) is 83.6 Å². The highest BCUT2D eigenvalue weighted by Gasteiger charge is 2.40. The summed E-state index contributed by atoms with van der Waals surface area (Å²) in [5.74, 6) is -5.29. The number of carbonyl (C=O) groups is 1. The first-order valence-corrected chi connectivity index (χ1v) is 13.5. The van der Waals surface area contributed by atoms with Gasteiger partial charge in [-0.05, 0) is 88.6 Å². The molecule has 0 aromatic heterocycles. The van der Waals surface area contributed by atoms with Gasteiger partial charge in [-0.3, -0.25) is 4.79 Å². The van der Waals surface area contributed by atoms with E-state index in [1.165, 1.54) is 6.92 Å². The van der Waals surface area contributed by atoms with Crippen molar-refractivity contribution in [1.82, 2.24) is 0 Å². The van der Waals surface area contributed by atoms with Gasteiger partial charge in [0.2, 0.25) is 0 Å². The van der Waals surface area contributed by atoms with Crippen molar-refractivity contribution in [3.05, 3.63) is 57.7 Å². The van der Waals surface area contributed by atoms with Crippen molar-refractivity contribution in [3.63, 3.8) is 0 Å². The summed E-state index contributed by atoms with van der Waals surface area (Å²) in [4.78, 5) is 12.3. The lowest BCUT2D eigenvalue weighted by Crippen LogP contribution is -2.26. The monoisotopic (exact) mass is 557 g/mol. The quantitative estimate of drug-likeness (QED) is 0.145. The summed E-state index contributed by atoms with van der Waals surface area (Å²) in [7, 11) is 0. The average Bonchev–Trinajstić information content (AvgIpc) is 3.62. The van der Waals surface area contributed by atoms with Crippen molar-refractivity contribution in [2.75, 3.05) is 6.61 Å². The number of nitrogens with zero attached hydrogens (tertiary/aromatic N) is 1. The predicted molar refractivity (Wildman–Crippen MR) is 139 cm³/mol. The fourth-order valence-electron chi connectivity index (χ4n) is 4.40. The molecule has 0 saturated heterocycles. The van der Waals surface area contributed by atoms with Crippen LogP contribution >= 0.6 is 0 Å². The summed E-state index contributed by atoms with van der Waals surface area (Å²) in [5, 5.41) is 0. The fraction of sp³-hybridized carbons (Fsp3) is 0.500. The van der Waals surface area contributed by atoms with Gasteiger partial charge in [0.05, 0.1) is 24.8 Å². The van der Waals surface area contributed by atoms with Crippen LogP contribution in [-0.2, 0) is 27.1 Å². The van der Waals surface area contributed by atoms with Crippen LogP contribution in [0.5, 0.6) is 0 Å². The number of aryl methyl sites for hydroxylation is 1. The molecule has 0 aliphatic heterocycles. The highest BCUT2D eigenvalue weighted by atomic mass is 32.2. The van der Waals surface area contributed by atoms with Crippen LogP contribution in [0.15, 0.2) is 22.6 Å². The van der Waals surface area contributed by atoms with Gasteiger partial charge >= 0.3 is 12.1 Å². The second kappa shape index (κ2) is 11.3. The van der Waals surface area contributed by atoms with Gasteiger partial charge in [0.25, 0.3) is 0 Å². The Balaban J connectivity index is 2.32. The van der Waals surface area contributed by atoms with E-state index in [1.807, 2.05) is 6.07 Å². The summed E-state index contributed by atoms with van der Waals surface area (Å²) < 4.78 is 94.4. The zero-order valence-electron chi connectivity index (χ0n) is 22.3. The molecule has 2 atom stereocenters. The Labute approximate surface area is 223 Å². The summed E-state index contributed by atoms with van der Waals surface area (Å²) >= 11 is -1.89. The first-order chi connectivity index (χ1) is 17.6. The molecule has 1 unspecified atom stereocenters. The van der Waals surface area contributed by atoms with E-state index in [4.69, 9.17) is 4.74 Å². The van der Waals surface area contributed by atoms with E-state index in [9.17, 15) is 22.5 Å². The first kappa shape index (κ1) is 30.1. The summed E-state index contributed by atoms with van der Waals surface area (Å²) in [6.07, 6.45) is -3.08. The van der Waals surface area contributed by atoms with E-state index < -0.39 is 68.9 Å². The molecule has 0 N–H and O–H groups in total. The summed E-state index contributed by atoms with van der Waals surface area (Å²) in [6, 6.07) is 4.10. The minimum atomic E-state index is -5.14. The molecule has 3 rings (SSSR count). The van der Waals surface area contributed by atoms with Gasteiger partial charge < -0.3 is 9.29 Å². The third-order valence-electron chi connectivity index (χ3n) is 6.46. The second-order valence-electron chi connectivity index (χ2n) is 10.5. The van der Waals surface area contributed by atoms with Gasteiger partial charge in [0, 0.05) is 17.0 Å². The van der Waals surface area contributed by atoms with E-state index in [2.05, 4.69) is 4.40 Å². The average molecular weight is 558 g/mol. The molecule has 0 bridgehead atoms. The van der Waals surface area contributed by atoms with Crippen molar-refractivity contribution >= 4 is 23.5 Å². The lowest BCUT2D eigenvalue weighted by molar-refractivity contribution is -0.143. The SMILES string of the molecule is CCOC(=O)CC(/C=N/[S@+]([O-])C(C)(C)C)c1c(F)c(-c2c(C)ccc(C3CC3)c2C)cc(C(F)(F)F)c1F. The molecular weight excluding hydrogens is 525 g/mol. The lowest BCUT2D eigenvalue weighted by Gasteiger charge is -2.23. The van der Waals surface area contributed by atoms with Crippen LogP contribution < -0.4 is 0 Å². The van der Waals surface area contributed by atoms with Crippen LogP contribution in [-0.4, -0.2) is 28.1 Å². The molecular formula is C28H32F5NO3S. The zero-order valence-corrected chi connectivity index (χ0v) is 23.1. The van der Waals surface area contributed by atoms with Gasteiger partial charge in [-0.2, -0.15) is 13.2 Å². The maximum atomic E-state index is 16.2. The number of esters is 1. The van der Waals surface area contributed by atoms with Gasteiger partial charge in [-0.1, -0.05) is 16.5 Å². The summed E-state index contributed by atoms with van der Waals surface area (Å²) in [6.45, 7) is 9.70. The highest BCUT2D eigenvalue weighted by Crippen LogP contribution is 2.46. The molecule has 38 heavy (non-hydrogen) atoms. The van der Waals surface area contributed by atoms with Crippen molar-refractivity contribution in [3.8, 4) is 11.1 Å². The van der Waals surface area contributed by atoms with Crippen LogP contribution in [0.3, 0.4) is 0 Å². The number of alkyl halides is 3. The molecule has 0 amide bonds. The highest BCUT2D eigenvalue weighted by molar-refractivity contribution is 7.91. The minimum absolute atomic E-state index is 0.0399. The number of benzene rings is 2. The lowest BCUT2D eigenvalue weighted by atomic mass is 9.85. The maximum Gasteiger partial charge on any atom is 0.419 e. The van der Waals surface area contributed by atoms with Crippen LogP contribution in [0.25, 0.3) is 11.1 Å². The molecule has 1 fully saturated rings. The topological polar surface area (TPSA) is 61.7 Å². The third kappa shape index (κ3) is 6.57. The van der Waals surface area contributed by atoms with Crippen molar-refractivity contribution < 1.29 is 36.0 Å². The number of hydrogen-bond donors (Lipinski definition) is 0. The van der Waals surface area contributed by atoms with Crippen molar-refractivity contribution in [1.29, 1.82) is 0 Å². The van der Waals surface area contributed by atoms with Gasteiger partial charge in [0.1, 0.15) is 27.7 Å². The van der Waals surface area contributed by atoms with Gasteiger partial charge in [-0.15, -0.1) is 0 Å². The molecule has 0 radical (unpaired) electrons.